The molecular weight excluding hydrogens is 515 g/mol. The number of halogens is 1. The van der Waals surface area contributed by atoms with E-state index < -0.39 is 10.0 Å². The van der Waals surface area contributed by atoms with Crippen LogP contribution in [0.1, 0.15) is 58.1 Å². The van der Waals surface area contributed by atoms with Gasteiger partial charge in [0.15, 0.2) is 5.96 Å². The van der Waals surface area contributed by atoms with Gasteiger partial charge in [-0.15, -0.1) is 24.0 Å². The van der Waals surface area contributed by atoms with E-state index in [-0.39, 0.29) is 42.4 Å². The second-order valence-electron chi connectivity index (χ2n) is 7.54. The summed E-state index contributed by atoms with van der Waals surface area (Å²) in [5, 5.41) is 15.8. The van der Waals surface area contributed by atoms with Crippen LogP contribution in [0.4, 0.5) is 0 Å². The van der Waals surface area contributed by atoms with Gasteiger partial charge in [-0.1, -0.05) is 37.6 Å². The highest BCUT2D eigenvalue weighted by atomic mass is 127. The fourth-order valence-electron chi connectivity index (χ4n) is 3.14. The second-order valence-corrected chi connectivity index (χ2v) is 9.30. The molecule has 7 nitrogen and oxygen atoms in total. The summed E-state index contributed by atoms with van der Waals surface area (Å²) in [6.45, 7) is 9.82. The number of hydrogen-bond donors (Lipinski definition) is 4. The predicted molar refractivity (Wildman–Crippen MR) is 136 cm³/mol. The van der Waals surface area contributed by atoms with Crippen LogP contribution in [0.25, 0.3) is 0 Å². The summed E-state index contributed by atoms with van der Waals surface area (Å²) in [7, 11) is -3.39. The molecule has 0 amide bonds. The molecule has 1 aromatic carbocycles. The minimum atomic E-state index is -3.39. The van der Waals surface area contributed by atoms with Crippen LogP contribution in [0.3, 0.4) is 0 Å². The van der Waals surface area contributed by atoms with E-state index in [1.54, 1.807) is 0 Å². The summed E-state index contributed by atoms with van der Waals surface area (Å²) in [5.41, 5.74) is 1.64. The molecule has 0 aliphatic carbocycles. The van der Waals surface area contributed by atoms with Crippen molar-refractivity contribution in [1.29, 1.82) is 0 Å². The van der Waals surface area contributed by atoms with Crippen molar-refractivity contribution in [3.05, 3.63) is 35.4 Å². The van der Waals surface area contributed by atoms with Crippen molar-refractivity contribution in [2.45, 2.75) is 65.3 Å². The van der Waals surface area contributed by atoms with Crippen LogP contribution < -0.4 is 15.4 Å². The van der Waals surface area contributed by atoms with Crippen molar-refractivity contribution < 1.29 is 13.5 Å². The number of nitrogens with one attached hydrogen (secondary N) is 3. The van der Waals surface area contributed by atoms with Gasteiger partial charge in [0.25, 0.3) is 0 Å². The Hall–Kier alpha value is -0.910. The Labute approximate surface area is 199 Å². The van der Waals surface area contributed by atoms with E-state index in [0.29, 0.717) is 18.4 Å². The molecular formula is C21H39IN4O3S. The molecule has 30 heavy (non-hydrogen) atoms. The van der Waals surface area contributed by atoms with Crippen LogP contribution in [-0.2, 0) is 22.3 Å². The predicted octanol–water partition coefficient (Wildman–Crippen LogP) is 2.99. The maximum absolute atomic E-state index is 12.3. The van der Waals surface area contributed by atoms with Crippen LogP contribution in [0.2, 0.25) is 0 Å². The molecule has 0 saturated heterocycles. The maximum atomic E-state index is 12.3. The summed E-state index contributed by atoms with van der Waals surface area (Å²) < 4.78 is 27.3. The Morgan fingerprint density at radius 1 is 1.10 bits per heavy atom. The molecule has 174 valence electrons. The van der Waals surface area contributed by atoms with E-state index in [2.05, 4.69) is 27.3 Å². The summed E-state index contributed by atoms with van der Waals surface area (Å²) in [4.78, 5) is 4.64. The smallest absolute Gasteiger partial charge is 0.216 e. The van der Waals surface area contributed by atoms with E-state index >= 15 is 0 Å². The molecule has 0 heterocycles. The Kier molecular flexibility index (Phi) is 15.3. The molecule has 0 bridgehead atoms. The molecule has 1 unspecified atom stereocenters. The third-order valence-corrected chi connectivity index (χ3v) is 5.94. The summed E-state index contributed by atoms with van der Waals surface area (Å²) >= 11 is 0. The van der Waals surface area contributed by atoms with Gasteiger partial charge >= 0.3 is 0 Å². The summed E-state index contributed by atoms with van der Waals surface area (Å²) in [6.07, 6.45) is 2.90. The monoisotopic (exact) mass is 554 g/mol. The van der Waals surface area contributed by atoms with Gasteiger partial charge in [0.1, 0.15) is 0 Å². The van der Waals surface area contributed by atoms with Gasteiger partial charge in [-0.25, -0.2) is 18.1 Å². The van der Waals surface area contributed by atoms with Gasteiger partial charge in [0.2, 0.25) is 10.0 Å². The fraction of sp³-hybridized carbons (Fsp3) is 0.667. The lowest BCUT2D eigenvalue weighted by atomic mass is 10.0. The Morgan fingerprint density at radius 3 is 2.33 bits per heavy atom. The SMILES string of the molecule is CCCC(CCO)CNC(=NCc1ccccc1CS(=O)(=O)NC(C)C)NCC.I. The lowest BCUT2D eigenvalue weighted by Gasteiger charge is -2.18. The minimum absolute atomic E-state index is 0. The highest BCUT2D eigenvalue weighted by Gasteiger charge is 2.15. The number of aliphatic imine (C=N–C) groups is 1. The molecule has 9 heteroatoms. The van der Waals surface area contributed by atoms with E-state index in [9.17, 15) is 13.5 Å². The second kappa shape index (κ2) is 15.8. The average molecular weight is 555 g/mol. The summed E-state index contributed by atoms with van der Waals surface area (Å²) in [6, 6.07) is 7.36. The Morgan fingerprint density at radius 2 is 1.77 bits per heavy atom. The first-order chi connectivity index (χ1) is 13.8. The molecule has 0 spiro atoms. The molecule has 1 atom stereocenters. The number of rotatable bonds is 13. The molecule has 0 fully saturated rings. The van der Waals surface area contributed by atoms with Gasteiger partial charge < -0.3 is 15.7 Å². The lowest BCUT2D eigenvalue weighted by Crippen LogP contribution is -2.40. The molecule has 0 aliphatic rings. The topological polar surface area (TPSA) is 103 Å². The molecule has 0 aliphatic heterocycles. The van der Waals surface area contributed by atoms with E-state index in [1.165, 1.54) is 0 Å². The van der Waals surface area contributed by atoms with Crippen molar-refractivity contribution in [2.75, 3.05) is 19.7 Å². The van der Waals surface area contributed by atoms with Crippen LogP contribution in [-0.4, -0.2) is 45.2 Å². The number of benzene rings is 1. The first-order valence-corrected chi connectivity index (χ1v) is 12.2. The summed E-state index contributed by atoms with van der Waals surface area (Å²) in [5.74, 6) is 1.04. The first-order valence-electron chi connectivity index (χ1n) is 10.5. The number of hydrogen-bond acceptors (Lipinski definition) is 4. The van der Waals surface area contributed by atoms with Gasteiger partial charge in [0, 0.05) is 25.7 Å². The third-order valence-electron chi connectivity index (χ3n) is 4.42. The van der Waals surface area contributed by atoms with Crippen LogP contribution in [0.5, 0.6) is 0 Å². The zero-order valence-corrected chi connectivity index (χ0v) is 21.8. The molecule has 0 aromatic heterocycles. The third kappa shape index (κ3) is 12.1. The first kappa shape index (κ1) is 29.1. The zero-order valence-electron chi connectivity index (χ0n) is 18.6. The highest BCUT2D eigenvalue weighted by Crippen LogP contribution is 2.14. The van der Waals surface area contributed by atoms with E-state index in [4.69, 9.17) is 0 Å². The minimum Gasteiger partial charge on any atom is -0.396 e. The Balaban J connectivity index is 0.00000841. The van der Waals surface area contributed by atoms with Crippen molar-refractivity contribution in [3.63, 3.8) is 0 Å². The van der Waals surface area contributed by atoms with Crippen LogP contribution in [0.15, 0.2) is 29.3 Å². The normalized spacial score (nSPS) is 13.1. The zero-order chi connectivity index (χ0) is 21.7. The number of aliphatic hydroxyl groups excluding tert-OH is 1. The maximum Gasteiger partial charge on any atom is 0.216 e. The molecule has 1 rings (SSSR count). The number of guanidine groups is 1. The number of aliphatic hydroxyl groups is 1. The van der Waals surface area contributed by atoms with Crippen LogP contribution in [0, 0.1) is 5.92 Å². The molecule has 0 radical (unpaired) electrons. The Bertz CT molecular complexity index is 721. The molecule has 1 aromatic rings. The standard InChI is InChI=1S/C21H38N4O3S.HI/c1-5-9-18(12-13-26)14-23-21(22-6-2)24-15-19-10-7-8-11-20(19)16-29(27,28)25-17(3)4;/h7-8,10-11,17-18,25-26H,5-6,9,12-16H2,1-4H3,(H2,22,23,24);1H. The van der Waals surface area contributed by atoms with E-state index in [0.717, 1.165) is 43.5 Å². The van der Waals surface area contributed by atoms with Crippen molar-refractivity contribution in [3.8, 4) is 0 Å². The van der Waals surface area contributed by atoms with Gasteiger partial charge in [-0.3, -0.25) is 0 Å². The fourth-order valence-corrected chi connectivity index (χ4v) is 4.64. The number of sulfonamides is 1. The van der Waals surface area contributed by atoms with Crippen LogP contribution >= 0.6 is 24.0 Å². The largest absolute Gasteiger partial charge is 0.396 e. The average Bonchev–Trinajstić information content (AvgIpc) is 2.64. The van der Waals surface area contributed by atoms with Gasteiger partial charge in [-0.2, -0.15) is 0 Å². The lowest BCUT2D eigenvalue weighted by molar-refractivity contribution is 0.251. The van der Waals surface area contributed by atoms with Gasteiger partial charge in [0.05, 0.1) is 12.3 Å². The highest BCUT2D eigenvalue weighted by molar-refractivity contribution is 14.0. The van der Waals surface area contributed by atoms with E-state index in [1.807, 2.05) is 45.0 Å². The van der Waals surface area contributed by atoms with Crippen molar-refractivity contribution in [1.82, 2.24) is 15.4 Å². The molecule has 4 N–H and O–H groups in total. The van der Waals surface area contributed by atoms with Gasteiger partial charge in [-0.05, 0) is 50.7 Å². The quantitative estimate of drug-likeness (QED) is 0.171. The number of nitrogens with zero attached hydrogens (tertiary/aromatic N) is 1. The van der Waals surface area contributed by atoms with Crippen molar-refractivity contribution in [2.24, 2.45) is 10.9 Å². The molecule has 0 saturated carbocycles. The van der Waals surface area contributed by atoms with Crippen molar-refractivity contribution >= 4 is 40.0 Å².